The Morgan fingerprint density at radius 1 is 1.53 bits per heavy atom. The number of phenols is 1. The molecule has 19 heavy (non-hydrogen) atoms. The second-order valence-corrected chi connectivity index (χ2v) is 3.45. The summed E-state index contributed by atoms with van der Waals surface area (Å²) < 4.78 is 33.0. The quantitative estimate of drug-likeness (QED) is 0.828. The minimum absolute atomic E-state index is 0.00634. The van der Waals surface area contributed by atoms with E-state index in [1.165, 1.54) is 6.07 Å². The maximum Gasteiger partial charge on any atom is 0.387 e. The van der Waals surface area contributed by atoms with Crippen LogP contribution in [0.25, 0.3) is 0 Å². The van der Waals surface area contributed by atoms with Crippen molar-refractivity contribution >= 4 is 5.97 Å². The Balaban J connectivity index is 3.09. The average Bonchev–Trinajstić information content (AvgIpc) is 2.33. The molecule has 0 radical (unpaired) electrons. The molecule has 1 rings (SSSR count). The molecule has 0 aliphatic rings. The van der Waals surface area contributed by atoms with E-state index in [1.54, 1.807) is 13.0 Å². The molecule has 0 saturated carbocycles. The van der Waals surface area contributed by atoms with Crippen molar-refractivity contribution in [2.45, 2.75) is 20.0 Å². The summed E-state index contributed by atoms with van der Waals surface area (Å²) in [6.07, 6.45) is -0.339. The molecule has 7 heteroatoms. The Morgan fingerprint density at radius 2 is 2.21 bits per heavy atom. The summed E-state index contributed by atoms with van der Waals surface area (Å²) in [6.45, 7) is -1.39. The van der Waals surface area contributed by atoms with Crippen molar-refractivity contribution in [2.75, 3.05) is 6.61 Å². The van der Waals surface area contributed by atoms with E-state index in [0.29, 0.717) is 0 Å². The van der Waals surface area contributed by atoms with Gasteiger partial charge in [0, 0.05) is 11.6 Å². The van der Waals surface area contributed by atoms with E-state index in [1.807, 2.05) is 0 Å². The summed E-state index contributed by atoms with van der Waals surface area (Å²) in [7, 11) is 0. The first-order valence-corrected chi connectivity index (χ1v) is 5.34. The molecule has 0 aliphatic carbocycles. The van der Waals surface area contributed by atoms with Gasteiger partial charge in [-0.3, -0.25) is 4.79 Å². The number of benzene rings is 1. The average molecular weight is 271 g/mol. The van der Waals surface area contributed by atoms with Crippen LogP contribution in [-0.4, -0.2) is 24.3 Å². The first kappa shape index (κ1) is 14.7. The van der Waals surface area contributed by atoms with Gasteiger partial charge in [-0.1, -0.05) is 0 Å². The Bertz CT molecular complexity index is 511. The van der Waals surface area contributed by atoms with Crippen molar-refractivity contribution in [1.82, 2.24) is 0 Å². The molecular weight excluding hydrogens is 260 g/mol. The van der Waals surface area contributed by atoms with Crippen LogP contribution < -0.4 is 4.74 Å². The van der Waals surface area contributed by atoms with E-state index in [0.717, 1.165) is 6.07 Å². The Hall–Kier alpha value is -2.36. The molecule has 0 fully saturated rings. The van der Waals surface area contributed by atoms with Crippen LogP contribution in [0.5, 0.6) is 11.5 Å². The van der Waals surface area contributed by atoms with Gasteiger partial charge in [-0.25, -0.2) is 0 Å². The van der Waals surface area contributed by atoms with Gasteiger partial charge in [0.25, 0.3) is 0 Å². The fraction of sp³-hybridized carbons (Fsp3) is 0.333. The minimum atomic E-state index is -3.14. The van der Waals surface area contributed by atoms with Crippen LogP contribution in [-0.2, 0) is 16.0 Å². The van der Waals surface area contributed by atoms with Crippen molar-refractivity contribution < 1.29 is 28.2 Å². The summed E-state index contributed by atoms with van der Waals surface area (Å²) >= 11 is 0. The molecule has 0 bridgehead atoms. The number of carbonyl (C=O) groups is 1. The zero-order valence-electron chi connectivity index (χ0n) is 10.0. The summed E-state index contributed by atoms with van der Waals surface area (Å²) in [5.74, 6) is -1.79. The van der Waals surface area contributed by atoms with E-state index >= 15 is 0 Å². The molecule has 0 unspecified atom stereocenters. The molecule has 0 atom stereocenters. The summed E-state index contributed by atoms with van der Waals surface area (Å²) in [5, 5.41) is 18.5. The fourth-order valence-electron chi connectivity index (χ4n) is 1.42. The molecule has 5 nitrogen and oxygen atoms in total. The number of carbonyl (C=O) groups excluding carboxylic acids is 1. The highest BCUT2D eigenvalue weighted by Crippen LogP contribution is 2.33. The minimum Gasteiger partial charge on any atom is -0.504 e. The van der Waals surface area contributed by atoms with Gasteiger partial charge >= 0.3 is 12.6 Å². The molecule has 0 amide bonds. The molecule has 0 spiro atoms. The van der Waals surface area contributed by atoms with Crippen LogP contribution in [0, 0.1) is 11.3 Å². The van der Waals surface area contributed by atoms with Gasteiger partial charge in [0.15, 0.2) is 11.5 Å². The van der Waals surface area contributed by atoms with E-state index in [-0.39, 0.29) is 24.2 Å². The lowest BCUT2D eigenvalue weighted by Gasteiger charge is -2.11. The first-order valence-electron chi connectivity index (χ1n) is 5.34. The third kappa shape index (κ3) is 4.10. The molecule has 0 aromatic heterocycles. The molecule has 1 N–H and O–H groups in total. The number of aromatic hydroxyl groups is 1. The van der Waals surface area contributed by atoms with Gasteiger partial charge in [-0.15, -0.1) is 0 Å². The number of ether oxygens (including phenoxy) is 2. The highest BCUT2D eigenvalue weighted by Gasteiger charge is 2.17. The summed E-state index contributed by atoms with van der Waals surface area (Å²) in [4.78, 5) is 11.3. The Morgan fingerprint density at radius 3 is 2.74 bits per heavy atom. The van der Waals surface area contributed by atoms with E-state index in [4.69, 9.17) is 5.26 Å². The SMILES string of the molecule is CCOC(=O)Cc1cc(C#N)cc(OC(F)F)c1O. The number of hydrogen-bond donors (Lipinski definition) is 1. The molecule has 1 aromatic rings. The predicted molar refractivity (Wildman–Crippen MR) is 59.8 cm³/mol. The zero-order chi connectivity index (χ0) is 14.4. The van der Waals surface area contributed by atoms with Gasteiger partial charge in [0.2, 0.25) is 0 Å². The third-order valence-corrected chi connectivity index (χ3v) is 2.14. The van der Waals surface area contributed by atoms with Crippen molar-refractivity contribution in [2.24, 2.45) is 0 Å². The van der Waals surface area contributed by atoms with Crippen LogP contribution in [0.2, 0.25) is 0 Å². The number of nitriles is 1. The number of nitrogens with zero attached hydrogens (tertiary/aromatic N) is 1. The zero-order valence-corrected chi connectivity index (χ0v) is 10.0. The maximum absolute atomic E-state index is 12.1. The predicted octanol–water partition coefficient (Wildman–Crippen LogP) is 1.97. The fourth-order valence-corrected chi connectivity index (χ4v) is 1.42. The molecule has 102 valence electrons. The van der Waals surface area contributed by atoms with Crippen molar-refractivity contribution in [3.8, 4) is 17.6 Å². The summed E-state index contributed by atoms with van der Waals surface area (Å²) in [5.41, 5.74) is -0.0131. The molecule has 0 aliphatic heterocycles. The van der Waals surface area contributed by atoms with Gasteiger partial charge in [0.05, 0.1) is 24.7 Å². The lowest BCUT2D eigenvalue weighted by molar-refractivity contribution is -0.142. The number of hydrogen-bond acceptors (Lipinski definition) is 5. The third-order valence-electron chi connectivity index (χ3n) is 2.14. The molecule has 0 saturated heterocycles. The Kier molecular flexibility index (Phi) is 5.06. The number of rotatable bonds is 5. The van der Waals surface area contributed by atoms with Gasteiger partial charge in [0.1, 0.15) is 0 Å². The number of phenolic OH excluding ortho intramolecular Hbond substituents is 1. The second-order valence-electron chi connectivity index (χ2n) is 3.45. The van der Waals surface area contributed by atoms with Gasteiger partial charge in [-0.05, 0) is 13.0 Å². The van der Waals surface area contributed by atoms with Gasteiger partial charge in [-0.2, -0.15) is 14.0 Å². The van der Waals surface area contributed by atoms with E-state index in [9.17, 15) is 18.7 Å². The second kappa shape index (κ2) is 6.54. The van der Waals surface area contributed by atoms with Crippen molar-refractivity contribution in [3.63, 3.8) is 0 Å². The highest BCUT2D eigenvalue weighted by atomic mass is 19.3. The molecular formula is C12H11F2NO4. The maximum atomic E-state index is 12.1. The van der Waals surface area contributed by atoms with E-state index in [2.05, 4.69) is 9.47 Å². The molecule has 0 heterocycles. The summed E-state index contributed by atoms with van der Waals surface area (Å²) in [6, 6.07) is 3.91. The number of halogens is 2. The van der Waals surface area contributed by atoms with Crippen LogP contribution in [0.4, 0.5) is 8.78 Å². The van der Waals surface area contributed by atoms with Crippen LogP contribution >= 0.6 is 0 Å². The molecule has 1 aromatic carbocycles. The monoisotopic (exact) mass is 271 g/mol. The van der Waals surface area contributed by atoms with Crippen LogP contribution in [0.3, 0.4) is 0 Å². The lowest BCUT2D eigenvalue weighted by Crippen LogP contribution is -2.09. The van der Waals surface area contributed by atoms with Crippen LogP contribution in [0.15, 0.2) is 12.1 Å². The van der Waals surface area contributed by atoms with Gasteiger partial charge < -0.3 is 14.6 Å². The standard InChI is InChI=1S/C12H11F2NO4/c1-2-18-10(16)5-8-3-7(6-15)4-9(11(8)17)19-12(13)14/h3-4,12,17H,2,5H2,1H3. The van der Waals surface area contributed by atoms with Crippen molar-refractivity contribution in [3.05, 3.63) is 23.3 Å². The largest absolute Gasteiger partial charge is 0.504 e. The normalized spacial score (nSPS) is 10.1. The topological polar surface area (TPSA) is 79.6 Å². The van der Waals surface area contributed by atoms with Crippen molar-refractivity contribution in [1.29, 1.82) is 5.26 Å². The Labute approximate surface area is 108 Å². The number of alkyl halides is 2. The van der Waals surface area contributed by atoms with E-state index < -0.39 is 24.1 Å². The highest BCUT2D eigenvalue weighted by molar-refractivity contribution is 5.74. The first-order chi connectivity index (χ1) is 8.97. The smallest absolute Gasteiger partial charge is 0.387 e. The van der Waals surface area contributed by atoms with Crippen LogP contribution in [0.1, 0.15) is 18.1 Å². The number of esters is 1. The lowest BCUT2D eigenvalue weighted by atomic mass is 10.1.